The maximum absolute atomic E-state index is 14.2. The van der Waals surface area contributed by atoms with E-state index in [-0.39, 0.29) is 28.6 Å². The first kappa shape index (κ1) is 25.9. The third-order valence-electron chi connectivity index (χ3n) is 5.67. The lowest BCUT2D eigenvalue weighted by Gasteiger charge is -2.27. The zero-order valence-corrected chi connectivity index (χ0v) is 20.2. The average Bonchev–Trinajstić information content (AvgIpc) is 2.95. The van der Waals surface area contributed by atoms with Gasteiger partial charge in [-0.2, -0.15) is 23.3 Å². The van der Waals surface area contributed by atoms with Crippen LogP contribution in [-0.2, 0) is 10.9 Å². The maximum atomic E-state index is 14.2. The summed E-state index contributed by atoms with van der Waals surface area (Å²) in [6.45, 7) is 2.01. The van der Waals surface area contributed by atoms with Gasteiger partial charge in [-0.05, 0) is 29.8 Å². The second kappa shape index (κ2) is 11.3. The van der Waals surface area contributed by atoms with Crippen molar-refractivity contribution in [3.63, 3.8) is 0 Å². The van der Waals surface area contributed by atoms with E-state index >= 15 is 0 Å². The summed E-state index contributed by atoms with van der Waals surface area (Å²) in [6.07, 6.45) is 3.26. The van der Waals surface area contributed by atoms with Crippen LogP contribution in [0.15, 0.2) is 66.5 Å². The number of alkyl halides is 3. The number of hydrogen-bond donors (Lipinski definition) is 2. The molecule has 1 aromatic carbocycles. The Morgan fingerprint density at radius 2 is 1.72 bits per heavy atom. The molecule has 5 rings (SSSR count). The molecule has 0 atom stereocenters. The molecule has 10 nitrogen and oxygen atoms in total. The number of halogens is 4. The molecular formula is C25H21F4N9O. The van der Waals surface area contributed by atoms with E-state index in [9.17, 15) is 17.6 Å². The van der Waals surface area contributed by atoms with Crippen molar-refractivity contribution in [3.8, 4) is 11.1 Å². The topological polar surface area (TPSA) is 113 Å². The molecule has 0 aliphatic carbocycles. The summed E-state index contributed by atoms with van der Waals surface area (Å²) in [6, 6.07) is 7.19. The van der Waals surface area contributed by atoms with Crippen LogP contribution >= 0.6 is 0 Å². The van der Waals surface area contributed by atoms with Gasteiger partial charge in [0.2, 0.25) is 5.95 Å². The van der Waals surface area contributed by atoms with Crippen molar-refractivity contribution in [2.24, 2.45) is 5.10 Å². The standard InChI is InChI=1S/C25H21F4N9O/c26-22-14-33-24(36-23(22)38-5-7-39-8-6-38)37-34-13-18-1-2-19(12-32-18)35-17-3-4-20(16-10-30-15-31-11-16)21(9-17)25(27,28)29/h1-4,9-15,35H,5-8H2,(H,33,36,37)/b34-13+. The van der Waals surface area contributed by atoms with Crippen LogP contribution in [0.4, 0.5) is 40.7 Å². The maximum Gasteiger partial charge on any atom is 0.417 e. The molecule has 4 heterocycles. The van der Waals surface area contributed by atoms with Crippen LogP contribution < -0.4 is 15.6 Å². The van der Waals surface area contributed by atoms with Gasteiger partial charge in [0.25, 0.3) is 0 Å². The van der Waals surface area contributed by atoms with Crippen molar-refractivity contribution in [1.29, 1.82) is 0 Å². The van der Waals surface area contributed by atoms with E-state index in [1.807, 2.05) is 0 Å². The Kier molecular flexibility index (Phi) is 7.54. The van der Waals surface area contributed by atoms with E-state index < -0.39 is 17.6 Å². The van der Waals surface area contributed by atoms with Gasteiger partial charge in [-0.1, -0.05) is 6.07 Å². The number of anilines is 4. The smallest absolute Gasteiger partial charge is 0.378 e. The fourth-order valence-electron chi connectivity index (χ4n) is 3.83. The summed E-state index contributed by atoms with van der Waals surface area (Å²) in [5, 5.41) is 6.96. The fourth-order valence-corrected chi connectivity index (χ4v) is 3.83. The van der Waals surface area contributed by atoms with Gasteiger partial charge in [-0.3, -0.25) is 4.98 Å². The molecule has 4 aromatic rings. The number of nitrogens with one attached hydrogen (secondary N) is 2. The molecule has 1 saturated heterocycles. The zero-order chi connectivity index (χ0) is 27.2. The van der Waals surface area contributed by atoms with Crippen LogP contribution in [0.1, 0.15) is 11.3 Å². The Morgan fingerprint density at radius 1 is 0.949 bits per heavy atom. The fraction of sp³-hybridized carbons (Fsp3) is 0.200. The number of hydrazone groups is 1. The van der Waals surface area contributed by atoms with Crippen LogP contribution in [0.3, 0.4) is 0 Å². The molecule has 0 radical (unpaired) electrons. The van der Waals surface area contributed by atoms with E-state index in [0.717, 1.165) is 12.3 Å². The van der Waals surface area contributed by atoms with Crippen LogP contribution in [0.25, 0.3) is 11.1 Å². The van der Waals surface area contributed by atoms with Crippen LogP contribution in [-0.4, -0.2) is 57.4 Å². The number of benzene rings is 1. The normalized spacial score (nSPS) is 14.0. The highest BCUT2D eigenvalue weighted by Crippen LogP contribution is 2.38. The van der Waals surface area contributed by atoms with Crippen LogP contribution in [0.5, 0.6) is 0 Å². The minimum Gasteiger partial charge on any atom is -0.378 e. The number of morpholine rings is 1. The second-order valence-corrected chi connectivity index (χ2v) is 8.32. The van der Waals surface area contributed by atoms with Crippen molar-refractivity contribution in [3.05, 3.63) is 78.5 Å². The van der Waals surface area contributed by atoms with Crippen LogP contribution in [0, 0.1) is 5.82 Å². The van der Waals surface area contributed by atoms with Gasteiger partial charge in [0.05, 0.1) is 48.8 Å². The zero-order valence-electron chi connectivity index (χ0n) is 20.2. The van der Waals surface area contributed by atoms with Crippen molar-refractivity contribution in [2.45, 2.75) is 6.18 Å². The molecule has 0 amide bonds. The van der Waals surface area contributed by atoms with E-state index in [1.54, 1.807) is 17.0 Å². The summed E-state index contributed by atoms with van der Waals surface area (Å²) in [5.74, 6) is -0.265. The Labute approximate surface area is 219 Å². The molecule has 0 spiro atoms. The summed E-state index contributed by atoms with van der Waals surface area (Å²) in [7, 11) is 0. The van der Waals surface area contributed by atoms with Gasteiger partial charge in [-0.15, -0.1) is 0 Å². The largest absolute Gasteiger partial charge is 0.417 e. The number of nitrogens with zero attached hydrogens (tertiary/aromatic N) is 7. The lowest BCUT2D eigenvalue weighted by molar-refractivity contribution is -0.137. The summed E-state index contributed by atoms with van der Waals surface area (Å²) >= 11 is 0. The molecule has 1 aliphatic heterocycles. The van der Waals surface area contributed by atoms with Crippen molar-refractivity contribution in [2.75, 3.05) is 41.9 Å². The number of ether oxygens (including phenoxy) is 1. The highest BCUT2D eigenvalue weighted by molar-refractivity contribution is 5.78. The summed E-state index contributed by atoms with van der Waals surface area (Å²) in [4.78, 5) is 21.7. The van der Waals surface area contributed by atoms with Gasteiger partial charge >= 0.3 is 6.18 Å². The van der Waals surface area contributed by atoms with Crippen LogP contribution in [0.2, 0.25) is 0 Å². The van der Waals surface area contributed by atoms with E-state index in [4.69, 9.17) is 4.74 Å². The van der Waals surface area contributed by atoms with Gasteiger partial charge in [-0.25, -0.2) is 24.8 Å². The first-order valence-electron chi connectivity index (χ1n) is 11.7. The van der Waals surface area contributed by atoms with Gasteiger partial charge in [0.1, 0.15) is 6.33 Å². The lowest BCUT2D eigenvalue weighted by atomic mass is 10.0. The Hall–Kier alpha value is -4.72. The molecule has 3 aromatic heterocycles. The predicted molar refractivity (Wildman–Crippen MR) is 136 cm³/mol. The van der Waals surface area contributed by atoms with Crippen molar-refractivity contribution >= 4 is 29.4 Å². The quantitative estimate of drug-likeness (QED) is 0.199. The summed E-state index contributed by atoms with van der Waals surface area (Å²) in [5.41, 5.74) is 3.24. The highest BCUT2D eigenvalue weighted by Gasteiger charge is 2.34. The molecular weight excluding hydrogens is 518 g/mol. The predicted octanol–water partition coefficient (Wildman–Crippen LogP) is 4.51. The van der Waals surface area contributed by atoms with E-state index in [1.165, 1.54) is 43.3 Å². The van der Waals surface area contributed by atoms with E-state index in [2.05, 4.69) is 40.8 Å². The number of aromatic nitrogens is 5. The molecule has 200 valence electrons. The first-order valence-corrected chi connectivity index (χ1v) is 11.7. The van der Waals surface area contributed by atoms with Gasteiger partial charge < -0.3 is 15.0 Å². The molecule has 0 bridgehead atoms. The molecule has 1 aliphatic rings. The Morgan fingerprint density at radius 3 is 2.44 bits per heavy atom. The minimum absolute atomic E-state index is 0.0203. The first-order chi connectivity index (χ1) is 18.9. The minimum atomic E-state index is -4.58. The average molecular weight is 539 g/mol. The Bertz CT molecular complexity index is 1440. The Balaban J connectivity index is 1.25. The molecule has 39 heavy (non-hydrogen) atoms. The monoisotopic (exact) mass is 539 g/mol. The number of rotatable bonds is 7. The van der Waals surface area contributed by atoms with Gasteiger partial charge in [0, 0.05) is 36.7 Å². The molecule has 1 fully saturated rings. The van der Waals surface area contributed by atoms with Gasteiger partial charge in [0.15, 0.2) is 11.6 Å². The third kappa shape index (κ3) is 6.41. The molecule has 0 saturated carbocycles. The second-order valence-electron chi connectivity index (χ2n) is 8.32. The molecule has 2 N–H and O–H groups in total. The lowest BCUT2D eigenvalue weighted by Crippen LogP contribution is -2.37. The number of hydrogen-bond acceptors (Lipinski definition) is 10. The van der Waals surface area contributed by atoms with Crippen molar-refractivity contribution < 1.29 is 22.3 Å². The number of pyridine rings is 1. The molecule has 0 unspecified atom stereocenters. The van der Waals surface area contributed by atoms with Crippen molar-refractivity contribution in [1.82, 2.24) is 24.9 Å². The summed E-state index contributed by atoms with van der Waals surface area (Å²) < 4.78 is 60.7. The SMILES string of the molecule is Fc1cnc(N/N=C/c2ccc(Nc3ccc(-c4cncnc4)c(C(F)(F)F)c3)cn2)nc1N1CCOCC1. The van der Waals surface area contributed by atoms with E-state index in [0.29, 0.717) is 37.7 Å². The molecule has 14 heteroatoms. The highest BCUT2D eigenvalue weighted by atomic mass is 19.4. The third-order valence-corrected chi connectivity index (χ3v) is 5.67.